The zero-order valence-electron chi connectivity index (χ0n) is 9.97. The molecule has 0 aliphatic carbocycles. The second-order valence-electron chi connectivity index (χ2n) is 4.07. The summed E-state index contributed by atoms with van der Waals surface area (Å²) in [5, 5.41) is 0. The molecule has 1 heterocycles. The van der Waals surface area contributed by atoms with E-state index in [2.05, 4.69) is 24.3 Å². The van der Waals surface area contributed by atoms with Gasteiger partial charge in [-0.2, -0.15) is 0 Å². The number of aromatic nitrogens is 1. The van der Waals surface area contributed by atoms with Gasteiger partial charge in [-0.15, -0.1) is 0 Å². The first kappa shape index (κ1) is 12.9. The Kier molecular flexibility index (Phi) is 4.67. The molecule has 0 amide bonds. The van der Waals surface area contributed by atoms with Crippen LogP contribution in [0.2, 0.25) is 0 Å². The highest BCUT2D eigenvalue weighted by molar-refractivity contribution is 5.41. The highest BCUT2D eigenvalue weighted by atomic mass is 16.5. The Morgan fingerprint density at radius 3 is 2.56 bits per heavy atom. The minimum Gasteiger partial charge on any atom is -0.383 e. The number of ether oxygens (including phenoxy) is 1. The maximum absolute atomic E-state index is 5.83. The molecule has 1 aromatic rings. The molecule has 0 saturated carbocycles. The predicted molar refractivity (Wildman–Crippen MR) is 64.3 cm³/mol. The molecule has 0 radical (unpaired) electrons. The number of hydrazine groups is 1. The molecule has 1 rings (SSSR count). The van der Waals surface area contributed by atoms with Crippen LogP contribution in [-0.4, -0.2) is 18.2 Å². The third-order valence-corrected chi connectivity index (χ3v) is 2.64. The van der Waals surface area contributed by atoms with Gasteiger partial charge in [0.1, 0.15) is 5.82 Å². The van der Waals surface area contributed by atoms with Gasteiger partial charge < -0.3 is 10.5 Å². The van der Waals surface area contributed by atoms with Gasteiger partial charge in [-0.05, 0) is 12.0 Å². The van der Waals surface area contributed by atoms with Gasteiger partial charge >= 0.3 is 0 Å². The summed E-state index contributed by atoms with van der Waals surface area (Å²) in [6, 6.07) is 3.59. The Morgan fingerprint density at radius 2 is 2.12 bits per heavy atom. The Hall–Kier alpha value is -1.17. The summed E-state index contributed by atoms with van der Waals surface area (Å²) < 4.78 is 5.45. The lowest BCUT2D eigenvalue weighted by atomic mass is 9.94. The molecule has 0 aromatic carbocycles. The summed E-state index contributed by atoms with van der Waals surface area (Å²) in [7, 11) is 1.67. The minimum absolute atomic E-state index is 0.0449. The zero-order valence-corrected chi connectivity index (χ0v) is 9.97. The van der Waals surface area contributed by atoms with Crippen molar-refractivity contribution in [3.05, 3.63) is 23.9 Å². The second-order valence-corrected chi connectivity index (χ2v) is 4.07. The van der Waals surface area contributed by atoms with Gasteiger partial charge in [0.15, 0.2) is 0 Å². The lowest BCUT2D eigenvalue weighted by Gasteiger charge is -2.29. The quantitative estimate of drug-likeness (QED) is 0.509. The highest BCUT2D eigenvalue weighted by Gasteiger charge is 2.26. The monoisotopic (exact) mass is 224 g/mol. The number of hydrogen-bond acceptors (Lipinski definition) is 5. The van der Waals surface area contributed by atoms with Crippen LogP contribution in [0.5, 0.6) is 0 Å². The van der Waals surface area contributed by atoms with Crippen molar-refractivity contribution in [2.24, 2.45) is 11.8 Å². The topological polar surface area (TPSA) is 86.2 Å². The standard InChI is InChI=1S/C11H20N4O/c1-7(2)10(16-3)9(15-13)8-5-4-6-14-11(8)12/h4-7,9-10,15H,13H2,1-3H3,(H2,12,14). The summed E-state index contributed by atoms with van der Waals surface area (Å²) >= 11 is 0. The second kappa shape index (κ2) is 5.79. The van der Waals surface area contributed by atoms with Crippen LogP contribution >= 0.6 is 0 Å². The molecular formula is C11H20N4O. The molecule has 0 aliphatic heterocycles. The molecule has 2 unspecified atom stereocenters. The van der Waals surface area contributed by atoms with E-state index < -0.39 is 0 Å². The lowest BCUT2D eigenvalue weighted by molar-refractivity contribution is 0.0327. The van der Waals surface area contributed by atoms with Crippen molar-refractivity contribution in [2.45, 2.75) is 26.0 Å². The SMILES string of the molecule is COC(C(C)C)C(NN)c1cccnc1N. The zero-order chi connectivity index (χ0) is 12.1. The van der Waals surface area contributed by atoms with Crippen molar-refractivity contribution in [2.75, 3.05) is 12.8 Å². The molecule has 2 atom stereocenters. The molecule has 0 bridgehead atoms. The van der Waals surface area contributed by atoms with Crippen LogP contribution in [0.3, 0.4) is 0 Å². The molecule has 90 valence electrons. The summed E-state index contributed by atoms with van der Waals surface area (Å²) in [4.78, 5) is 4.05. The van der Waals surface area contributed by atoms with Crippen molar-refractivity contribution in [1.82, 2.24) is 10.4 Å². The van der Waals surface area contributed by atoms with E-state index in [4.69, 9.17) is 16.3 Å². The first-order valence-electron chi connectivity index (χ1n) is 5.31. The summed E-state index contributed by atoms with van der Waals surface area (Å²) in [6.45, 7) is 4.15. The molecule has 5 N–H and O–H groups in total. The highest BCUT2D eigenvalue weighted by Crippen LogP contribution is 2.26. The molecule has 16 heavy (non-hydrogen) atoms. The molecule has 1 aromatic heterocycles. The Morgan fingerprint density at radius 1 is 1.44 bits per heavy atom. The van der Waals surface area contributed by atoms with Gasteiger partial charge in [0.05, 0.1) is 12.1 Å². The maximum atomic E-state index is 5.83. The van der Waals surface area contributed by atoms with E-state index in [1.54, 1.807) is 13.3 Å². The van der Waals surface area contributed by atoms with Crippen LogP contribution in [-0.2, 0) is 4.74 Å². The van der Waals surface area contributed by atoms with Crippen LogP contribution < -0.4 is 17.0 Å². The van der Waals surface area contributed by atoms with Crippen molar-refractivity contribution in [1.29, 1.82) is 0 Å². The van der Waals surface area contributed by atoms with E-state index in [1.807, 2.05) is 12.1 Å². The number of rotatable bonds is 5. The van der Waals surface area contributed by atoms with Crippen molar-refractivity contribution in [3.8, 4) is 0 Å². The number of methoxy groups -OCH3 is 1. The first-order valence-corrected chi connectivity index (χ1v) is 5.31. The van der Waals surface area contributed by atoms with E-state index >= 15 is 0 Å². The maximum Gasteiger partial charge on any atom is 0.128 e. The van der Waals surface area contributed by atoms with Gasteiger partial charge in [-0.3, -0.25) is 11.3 Å². The number of hydrogen-bond donors (Lipinski definition) is 3. The number of nitrogens with zero attached hydrogens (tertiary/aromatic N) is 1. The molecule has 0 spiro atoms. The van der Waals surface area contributed by atoms with E-state index in [9.17, 15) is 0 Å². The van der Waals surface area contributed by atoms with Gasteiger partial charge in [0, 0.05) is 18.9 Å². The predicted octanol–water partition coefficient (Wildman–Crippen LogP) is 0.839. The third kappa shape index (κ3) is 2.69. The van der Waals surface area contributed by atoms with E-state index in [0.29, 0.717) is 11.7 Å². The molecule has 0 saturated heterocycles. The van der Waals surface area contributed by atoms with Crippen molar-refractivity contribution >= 4 is 5.82 Å². The number of anilines is 1. The number of nitrogens with two attached hydrogens (primary N) is 2. The van der Waals surface area contributed by atoms with Crippen LogP contribution in [0, 0.1) is 5.92 Å². The van der Waals surface area contributed by atoms with E-state index in [0.717, 1.165) is 5.56 Å². The third-order valence-electron chi connectivity index (χ3n) is 2.64. The van der Waals surface area contributed by atoms with Crippen LogP contribution in [0.15, 0.2) is 18.3 Å². The molecule has 0 aliphatic rings. The first-order chi connectivity index (χ1) is 7.61. The minimum atomic E-state index is -0.154. The fraction of sp³-hybridized carbons (Fsp3) is 0.545. The van der Waals surface area contributed by atoms with E-state index in [1.165, 1.54) is 0 Å². The van der Waals surface area contributed by atoms with Gasteiger partial charge in [-0.25, -0.2) is 4.98 Å². The summed E-state index contributed by atoms with van der Waals surface area (Å²) in [6.07, 6.45) is 1.61. The smallest absolute Gasteiger partial charge is 0.128 e. The van der Waals surface area contributed by atoms with Crippen LogP contribution in [0.25, 0.3) is 0 Å². The van der Waals surface area contributed by atoms with Crippen LogP contribution in [0.4, 0.5) is 5.82 Å². The molecule has 5 nitrogen and oxygen atoms in total. The number of nitrogen functional groups attached to an aromatic ring is 1. The van der Waals surface area contributed by atoms with Gasteiger partial charge in [0.2, 0.25) is 0 Å². The normalized spacial score (nSPS) is 15.1. The average Bonchev–Trinajstić information content (AvgIpc) is 2.26. The van der Waals surface area contributed by atoms with Crippen molar-refractivity contribution < 1.29 is 4.74 Å². The van der Waals surface area contributed by atoms with Gasteiger partial charge in [-0.1, -0.05) is 19.9 Å². The number of pyridine rings is 1. The van der Waals surface area contributed by atoms with E-state index in [-0.39, 0.29) is 12.1 Å². The fourth-order valence-corrected chi connectivity index (χ4v) is 1.85. The fourth-order valence-electron chi connectivity index (χ4n) is 1.85. The Bertz CT molecular complexity index is 330. The Balaban J connectivity index is 3.02. The molecular weight excluding hydrogens is 204 g/mol. The Labute approximate surface area is 96.2 Å². The van der Waals surface area contributed by atoms with Gasteiger partial charge in [0.25, 0.3) is 0 Å². The van der Waals surface area contributed by atoms with Crippen LogP contribution in [0.1, 0.15) is 25.5 Å². The molecule has 5 heteroatoms. The summed E-state index contributed by atoms with van der Waals surface area (Å²) in [5.74, 6) is 6.38. The lowest BCUT2D eigenvalue weighted by Crippen LogP contribution is -2.40. The molecule has 0 fully saturated rings. The van der Waals surface area contributed by atoms with Crippen molar-refractivity contribution in [3.63, 3.8) is 0 Å². The average molecular weight is 224 g/mol. The largest absolute Gasteiger partial charge is 0.383 e. The number of nitrogens with one attached hydrogen (secondary N) is 1. The summed E-state index contributed by atoms with van der Waals surface area (Å²) in [5.41, 5.74) is 9.44.